The molecule has 0 spiro atoms. The average molecular weight is 406 g/mol. The summed E-state index contributed by atoms with van der Waals surface area (Å²) in [6.45, 7) is 8.59. The number of amides is 2. The average Bonchev–Trinajstić information content (AvgIpc) is 2.68. The summed E-state index contributed by atoms with van der Waals surface area (Å²) in [4.78, 5) is 27.9. The summed E-state index contributed by atoms with van der Waals surface area (Å²) < 4.78 is 5.47. The van der Waals surface area contributed by atoms with Crippen LogP contribution in [0.3, 0.4) is 0 Å². The molecule has 6 heteroatoms. The van der Waals surface area contributed by atoms with Crippen LogP contribution < -0.4 is 10.6 Å². The summed E-state index contributed by atoms with van der Waals surface area (Å²) in [6.07, 6.45) is 8.16. The maximum atomic E-state index is 13.0. The molecular formula is C23H39N3O3. The molecule has 6 nitrogen and oxygen atoms in total. The Morgan fingerprint density at radius 3 is 2.14 bits per heavy atom. The molecule has 1 aliphatic heterocycles. The zero-order valence-electron chi connectivity index (χ0n) is 18.3. The zero-order valence-corrected chi connectivity index (χ0v) is 18.3. The van der Waals surface area contributed by atoms with E-state index in [2.05, 4.69) is 29.4 Å². The van der Waals surface area contributed by atoms with Gasteiger partial charge < -0.3 is 15.4 Å². The lowest BCUT2D eigenvalue weighted by molar-refractivity contribution is -0.147. The molecule has 0 aromatic heterocycles. The van der Waals surface area contributed by atoms with Gasteiger partial charge in [0.05, 0.1) is 19.8 Å². The van der Waals surface area contributed by atoms with Gasteiger partial charge in [0.2, 0.25) is 11.8 Å². The molecule has 29 heavy (non-hydrogen) atoms. The van der Waals surface area contributed by atoms with Crippen molar-refractivity contribution in [2.75, 3.05) is 39.4 Å². The summed E-state index contributed by atoms with van der Waals surface area (Å²) >= 11 is 0. The minimum atomic E-state index is -0.178. The van der Waals surface area contributed by atoms with Gasteiger partial charge in [0.25, 0.3) is 0 Å². The van der Waals surface area contributed by atoms with Crippen molar-refractivity contribution in [3.8, 4) is 0 Å². The second kappa shape index (κ2) is 8.93. The van der Waals surface area contributed by atoms with E-state index >= 15 is 0 Å². The van der Waals surface area contributed by atoms with E-state index in [1.807, 2.05) is 0 Å². The van der Waals surface area contributed by atoms with Crippen molar-refractivity contribution in [1.82, 2.24) is 15.5 Å². The van der Waals surface area contributed by atoms with Crippen LogP contribution in [0.5, 0.6) is 0 Å². The topological polar surface area (TPSA) is 70.7 Å². The molecule has 1 atom stereocenters. The molecule has 164 valence electrons. The van der Waals surface area contributed by atoms with E-state index in [0.29, 0.717) is 18.5 Å². The lowest BCUT2D eigenvalue weighted by Crippen LogP contribution is -2.55. The third-order valence-electron chi connectivity index (χ3n) is 7.77. The van der Waals surface area contributed by atoms with Crippen molar-refractivity contribution >= 4 is 11.8 Å². The fourth-order valence-electron chi connectivity index (χ4n) is 6.88. The molecule has 0 aromatic carbocycles. The minimum absolute atomic E-state index is 0.0647. The molecule has 2 amide bonds. The van der Waals surface area contributed by atoms with Gasteiger partial charge in [-0.1, -0.05) is 13.8 Å². The first-order valence-corrected chi connectivity index (χ1v) is 11.8. The standard InChI is InChI=1S/C23H39N3O3/c1-16(2)7-20(26-3-5-29-6-4-26)14-24-21(27)15-25-22(28)23-11-17-8-18(12-23)10-19(9-17)13-23/h16-20H,3-15H2,1-2H3,(H,24,27)(H,25,28). The lowest BCUT2D eigenvalue weighted by Gasteiger charge is -2.55. The number of morpholine rings is 1. The number of nitrogens with zero attached hydrogens (tertiary/aromatic N) is 1. The van der Waals surface area contributed by atoms with Gasteiger partial charge in [0.1, 0.15) is 0 Å². The Hall–Kier alpha value is -1.14. The van der Waals surface area contributed by atoms with Crippen molar-refractivity contribution in [3.63, 3.8) is 0 Å². The predicted molar refractivity (Wildman–Crippen MR) is 112 cm³/mol. The Balaban J connectivity index is 1.24. The van der Waals surface area contributed by atoms with Crippen molar-refractivity contribution < 1.29 is 14.3 Å². The van der Waals surface area contributed by atoms with E-state index in [0.717, 1.165) is 69.7 Å². The number of carbonyl (C=O) groups excluding carboxylic acids is 2. The second-order valence-corrected chi connectivity index (χ2v) is 10.6. The Morgan fingerprint density at radius 2 is 1.59 bits per heavy atom. The van der Waals surface area contributed by atoms with Crippen LogP contribution in [0.1, 0.15) is 58.8 Å². The SMILES string of the molecule is CC(C)CC(CNC(=O)CNC(=O)C12CC3CC(CC(C3)C1)C2)N1CCOCC1. The third-order valence-corrected chi connectivity index (χ3v) is 7.77. The van der Waals surface area contributed by atoms with E-state index < -0.39 is 0 Å². The maximum Gasteiger partial charge on any atom is 0.239 e. The highest BCUT2D eigenvalue weighted by Gasteiger charge is 2.54. The van der Waals surface area contributed by atoms with Crippen LogP contribution in [0.25, 0.3) is 0 Å². The molecule has 4 bridgehead atoms. The summed E-state index contributed by atoms with van der Waals surface area (Å²) in [5.74, 6) is 2.88. The van der Waals surface area contributed by atoms with Gasteiger partial charge >= 0.3 is 0 Å². The second-order valence-electron chi connectivity index (χ2n) is 10.6. The van der Waals surface area contributed by atoms with Gasteiger partial charge in [0.15, 0.2) is 0 Å². The highest BCUT2D eigenvalue weighted by molar-refractivity contribution is 5.88. The molecule has 1 saturated heterocycles. The molecule has 0 aromatic rings. The van der Waals surface area contributed by atoms with Gasteiger partial charge in [-0.15, -0.1) is 0 Å². The maximum absolute atomic E-state index is 13.0. The Kier molecular flexibility index (Phi) is 6.50. The zero-order chi connectivity index (χ0) is 20.4. The van der Waals surface area contributed by atoms with Gasteiger partial charge in [-0.2, -0.15) is 0 Å². The Labute approximate surface area is 175 Å². The summed E-state index contributed by atoms with van der Waals surface area (Å²) in [5.41, 5.74) is -0.178. The van der Waals surface area contributed by atoms with E-state index in [-0.39, 0.29) is 23.8 Å². The fourth-order valence-corrected chi connectivity index (χ4v) is 6.88. The van der Waals surface area contributed by atoms with Gasteiger partial charge in [0, 0.05) is 31.1 Å². The number of carbonyl (C=O) groups is 2. The highest BCUT2D eigenvalue weighted by Crippen LogP contribution is 2.60. The largest absolute Gasteiger partial charge is 0.379 e. The molecule has 1 unspecified atom stereocenters. The van der Waals surface area contributed by atoms with Crippen molar-refractivity contribution in [2.45, 2.75) is 64.8 Å². The normalized spacial score (nSPS) is 34.9. The van der Waals surface area contributed by atoms with Crippen LogP contribution in [-0.4, -0.2) is 62.1 Å². The first-order chi connectivity index (χ1) is 13.9. The summed E-state index contributed by atoms with van der Waals surface area (Å²) in [7, 11) is 0. The van der Waals surface area contributed by atoms with Crippen molar-refractivity contribution in [2.24, 2.45) is 29.1 Å². The van der Waals surface area contributed by atoms with Crippen LogP contribution in [0, 0.1) is 29.1 Å². The lowest BCUT2D eigenvalue weighted by atomic mass is 9.49. The molecule has 4 saturated carbocycles. The molecule has 2 N–H and O–H groups in total. The van der Waals surface area contributed by atoms with Crippen molar-refractivity contribution in [3.05, 3.63) is 0 Å². The third kappa shape index (κ3) is 4.96. The van der Waals surface area contributed by atoms with Gasteiger partial charge in [-0.3, -0.25) is 14.5 Å². The number of hydrogen-bond acceptors (Lipinski definition) is 4. The number of hydrogen-bond donors (Lipinski definition) is 2. The number of nitrogens with one attached hydrogen (secondary N) is 2. The van der Waals surface area contributed by atoms with Crippen LogP contribution in [0.15, 0.2) is 0 Å². The molecule has 1 heterocycles. The van der Waals surface area contributed by atoms with Gasteiger partial charge in [-0.05, 0) is 68.6 Å². The number of ether oxygens (including phenoxy) is 1. The van der Waals surface area contributed by atoms with Crippen LogP contribution in [0.4, 0.5) is 0 Å². The Morgan fingerprint density at radius 1 is 1.00 bits per heavy atom. The predicted octanol–water partition coefficient (Wildman–Crippen LogP) is 2.18. The van der Waals surface area contributed by atoms with E-state index in [1.165, 1.54) is 19.3 Å². The summed E-state index contributed by atoms with van der Waals surface area (Å²) in [5, 5.41) is 6.08. The first kappa shape index (κ1) is 21.1. The first-order valence-electron chi connectivity index (χ1n) is 11.8. The Bertz CT molecular complexity index is 565. The number of rotatable bonds is 8. The van der Waals surface area contributed by atoms with E-state index in [1.54, 1.807) is 0 Å². The quantitative estimate of drug-likeness (QED) is 0.649. The molecular weight excluding hydrogens is 366 g/mol. The molecule has 4 aliphatic carbocycles. The van der Waals surface area contributed by atoms with Crippen LogP contribution in [-0.2, 0) is 14.3 Å². The van der Waals surface area contributed by atoms with Gasteiger partial charge in [-0.25, -0.2) is 0 Å². The smallest absolute Gasteiger partial charge is 0.239 e. The molecule has 5 rings (SSSR count). The monoisotopic (exact) mass is 405 g/mol. The van der Waals surface area contributed by atoms with E-state index in [9.17, 15) is 9.59 Å². The van der Waals surface area contributed by atoms with Crippen LogP contribution in [0.2, 0.25) is 0 Å². The van der Waals surface area contributed by atoms with Crippen molar-refractivity contribution in [1.29, 1.82) is 0 Å². The molecule has 5 aliphatic rings. The fraction of sp³-hybridized carbons (Fsp3) is 0.913. The molecule has 0 radical (unpaired) electrons. The van der Waals surface area contributed by atoms with E-state index in [4.69, 9.17) is 4.74 Å². The highest BCUT2D eigenvalue weighted by atomic mass is 16.5. The molecule has 5 fully saturated rings. The summed E-state index contributed by atoms with van der Waals surface area (Å²) in [6, 6.07) is 0.335. The minimum Gasteiger partial charge on any atom is -0.379 e. The van der Waals surface area contributed by atoms with Crippen LogP contribution >= 0.6 is 0 Å².